The molecule has 100 valence electrons. The van der Waals surface area contributed by atoms with Crippen molar-refractivity contribution < 1.29 is 9.63 Å². The normalized spacial score (nSPS) is 10.4. The predicted octanol–water partition coefficient (Wildman–Crippen LogP) is 3.07. The van der Waals surface area contributed by atoms with E-state index in [4.69, 9.17) is 16.4 Å². The minimum atomic E-state index is -0.210. The maximum absolute atomic E-state index is 11.5. The molecule has 1 aromatic carbocycles. The highest BCUT2D eigenvalue weighted by Crippen LogP contribution is 2.30. The summed E-state index contributed by atoms with van der Waals surface area (Å²) in [6, 6.07) is 7.50. The van der Waals surface area contributed by atoms with Crippen molar-refractivity contribution in [3.05, 3.63) is 40.4 Å². The molecule has 0 aliphatic carbocycles. The van der Waals surface area contributed by atoms with Crippen molar-refractivity contribution in [2.45, 2.75) is 13.3 Å². The molecule has 0 aliphatic heterocycles. The molecule has 0 saturated carbocycles. The fraction of sp³-hybridized carbons (Fsp3) is 0.231. The lowest BCUT2D eigenvalue weighted by Crippen LogP contribution is -2.25. The van der Waals surface area contributed by atoms with Crippen LogP contribution in [-0.2, 0) is 16.1 Å². The van der Waals surface area contributed by atoms with Crippen molar-refractivity contribution in [1.82, 2.24) is 10.5 Å². The van der Waals surface area contributed by atoms with Crippen LogP contribution in [0.5, 0.6) is 0 Å². The Morgan fingerprint density at radius 1 is 1.47 bits per heavy atom. The number of thiazole rings is 1. The SMILES string of the molecule is CCONC(=O)Cc1csc(-c2ccccc2Cl)n1. The van der Waals surface area contributed by atoms with Gasteiger partial charge in [0.05, 0.1) is 23.7 Å². The van der Waals surface area contributed by atoms with E-state index in [1.165, 1.54) is 11.3 Å². The van der Waals surface area contributed by atoms with E-state index in [-0.39, 0.29) is 12.3 Å². The number of rotatable bonds is 5. The number of benzene rings is 1. The van der Waals surface area contributed by atoms with Crippen LogP contribution in [0.15, 0.2) is 29.6 Å². The van der Waals surface area contributed by atoms with E-state index < -0.39 is 0 Å². The third-order valence-electron chi connectivity index (χ3n) is 2.33. The van der Waals surface area contributed by atoms with Gasteiger partial charge in [0.25, 0.3) is 0 Å². The molecule has 19 heavy (non-hydrogen) atoms. The summed E-state index contributed by atoms with van der Waals surface area (Å²) >= 11 is 7.58. The highest BCUT2D eigenvalue weighted by molar-refractivity contribution is 7.13. The van der Waals surface area contributed by atoms with Crippen LogP contribution < -0.4 is 5.48 Å². The molecule has 0 atom stereocenters. The number of nitrogens with one attached hydrogen (secondary N) is 1. The van der Waals surface area contributed by atoms with Gasteiger partial charge in [0, 0.05) is 10.9 Å². The molecule has 6 heteroatoms. The van der Waals surface area contributed by atoms with E-state index in [1.54, 1.807) is 6.92 Å². The standard InChI is InChI=1S/C13H13ClN2O2S/c1-2-18-16-12(17)7-9-8-19-13(15-9)10-5-3-4-6-11(10)14/h3-6,8H,2,7H2,1H3,(H,16,17). The first-order chi connectivity index (χ1) is 9.20. The molecule has 1 N–H and O–H groups in total. The molecule has 0 aliphatic rings. The number of hydrogen-bond donors (Lipinski definition) is 1. The Labute approximate surface area is 120 Å². The summed E-state index contributed by atoms with van der Waals surface area (Å²) in [4.78, 5) is 20.7. The van der Waals surface area contributed by atoms with Gasteiger partial charge in [-0.25, -0.2) is 10.5 Å². The fourth-order valence-electron chi connectivity index (χ4n) is 1.50. The number of nitrogens with zero attached hydrogens (tertiary/aromatic N) is 1. The average Bonchev–Trinajstić information content (AvgIpc) is 2.85. The van der Waals surface area contributed by atoms with Gasteiger partial charge < -0.3 is 0 Å². The number of hydrogen-bond acceptors (Lipinski definition) is 4. The highest BCUT2D eigenvalue weighted by Gasteiger charge is 2.10. The van der Waals surface area contributed by atoms with Gasteiger partial charge in [0.1, 0.15) is 5.01 Å². The van der Waals surface area contributed by atoms with Gasteiger partial charge in [-0.1, -0.05) is 29.8 Å². The molecule has 1 amide bonds. The number of carbonyl (C=O) groups excluding carboxylic acids is 1. The Kier molecular flexibility index (Phi) is 4.90. The highest BCUT2D eigenvalue weighted by atomic mass is 35.5. The first-order valence-corrected chi connectivity index (χ1v) is 7.06. The molecule has 0 spiro atoms. The van der Waals surface area contributed by atoms with E-state index in [0.29, 0.717) is 17.3 Å². The van der Waals surface area contributed by atoms with E-state index in [9.17, 15) is 4.79 Å². The van der Waals surface area contributed by atoms with Gasteiger partial charge in [-0.05, 0) is 13.0 Å². The second-order valence-corrected chi connectivity index (χ2v) is 5.02. The van der Waals surface area contributed by atoms with Crippen LogP contribution in [0.1, 0.15) is 12.6 Å². The molecule has 0 unspecified atom stereocenters. The molecular weight excluding hydrogens is 284 g/mol. The van der Waals surface area contributed by atoms with Crippen LogP contribution in [0.3, 0.4) is 0 Å². The molecule has 0 bridgehead atoms. The maximum Gasteiger partial charge on any atom is 0.249 e. The Balaban J connectivity index is 2.07. The van der Waals surface area contributed by atoms with Crippen LogP contribution in [0.2, 0.25) is 5.02 Å². The van der Waals surface area contributed by atoms with Crippen molar-refractivity contribution >= 4 is 28.8 Å². The lowest BCUT2D eigenvalue weighted by Gasteiger charge is -2.01. The lowest BCUT2D eigenvalue weighted by molar-refractivity contribution is -0.132. The largest absolute Gasteiger partial charge is 0.274 e. The molecule has 2 aromatic rings. The summed E-state index contributed by atoms with van der Waals surface area (Å²) in [5.41, 5.74) is 3.93. The minimum absolute atomic E-state index is 0.195. The van der Waals surface area contributed by atoms with Crippen molar-refractivity contribution in [2.24, 2.45) is 0 Å². The van der Waals surface area contributed by atoms with Crippen LogP contribution >= 0.6 is 22.9 Å². The van der Waals surface area contributed by atoms with Gasteiger partial charge in [-0.3, -0.25) is 9.63 Å². The zero-order valence-corrected chi connectivity index (χ0v) is 11.9. The zero-order chi connectivity index (χ0) is 13.7. The van der Waals surface area contributed by atoms with Crippen LogP contribution in [0.25, 0.3) is 10.6 Å². The van der Waals surface area contributed by atoms with Gasteiger partial charge in [0.15, 0.2) is 0 Å². The van der Waals surface area contributed by atoms with Gasteiger partial charge in [0.2, 0.25) is 5.91 Å². The third-order valence-corrected chi connectivity index (χ3v) is 3.58. The molecule has 0 fully saturated rings. The summed E-state index contributed by atoms with van der Waals surface area (Å²) in [6.07, 6.45) is 0.195. The van der Waals surface area contributed by atoms with Crippen molar-refractivity contribution in [1.29, 1.82) is 0 Å². The quantitative estimate of drug-likeness (QED) is 0.863. The number of carbonyl (C=O) groups is 1. The number of aromatic nitrogens is 1. The fourth-order valence-corrected chi connectivity index (χ4v) is 2.64. The Bertz CT molecular complexity index is 571. The van der Waals surface area contributed by atoms with Crippen molar-refractivity contribution in [3.63, 3.8) is 0 Å². The average molecular weight is 297 g/mol. The molecule has 1 aromatic heterocycles. The zero-order valence-electron chi connectivity index (χ0n) is 10.4. The van der Waals surface area contributed by atoms with E-state index in [1.807, 2.05) is 29.6 Å². The molecule has 1 heterocycles. The number of amides is 1. The molecule has 2 rings (SSSR count). The third kappa shape index (κ3) is 3.76. The summed E-state index contributed by atoms with van der Waals surface area (Å²) in [5.74, 6) is -0.210. The first-order valence-electron chi connectivity index (χ1n) is 5.80. The monoisotopic (exact) mass is 296 g/mol. The van der Waals surface area contributed by atoms with Crippen LogP contribution in [0, 0.1) is 0 Å². The second-order valence-electron chi connectivity index (χ2n) is 3.76. The van der Waals surface area contributed by atoms with Crippen LogP contribution in [0.4, 0.5) is 0 Å². The topological polar surface area (TPSA) is 51.2 Å². The Morgan fingerprint density at radius 3 is 3.00 bits per heavy atom. The van der Waals surface area contributed by atoms with E-state index in [0.717, 1.165) is 10.6 Å². The van der Waals surface area contributed by atoms with Crippen molar-refractivity contribution in [3.8, 4) is 10.6 Å². The number of hydroxylamine groups is 1. The Hall–Kier alpha value is -1.43. The molecular formula is C13H13ClN2O2S. The molecule has 0 radical (unpaired) electrons. The minimum Gasteiger partial charge on any atom is -0.274 e. The molecule has 4 nitrogen and oxygen atoms in total. The van der Waals surface area contributed by atoms with Crippen LogP contribution in [-0.4, -0.2) is 17.5 Å². The van der Waals surface area contributed by atoms with Gasteiger partial charge >= 0.3 is 0 Å². The van der Waals surface area contributed by atoms with Gasteiger partial charge in [-0.15, -0.1) is 11.3 Å². The predicted molar refractivity (Wildman–Crippen MR) is 76.0 cm³/mol. The van der Waals surface area contributed by atoms with E-state index in [2.05, 4.69) is 10.5 Å². The number of halogens is 1. The lowest BCUT2D eigenvalue weighted by atomic mass is 10.2. The smallest absolute Gasteiger partial charge is 0.249 e. The summed E-state index contributed by atoms with van der Waals surface area (Å²) in [7, 11) is 0. The second kappa shape index (κ2) is 6.65. The van der Waals surface area contributed by atoms with E-state index >= 15 is 0 Å². The Morgan fingerprint density at radius 2 is 2.26 bits per heavy atom. The summed E-state index contributed by atoms with van der Waals surface area (Å²) in [6.45, 7) is 2.24. The summed E-state index contributed by atoms with van der Waals surface area (Å²) in [5, 5.41) is 3.32. The van der Waals surface area contributed by atoms with Gasteiger partial charge in [-0.2, -0.15) is 0 Å². The van der Waals surface area contributed by atoms with Crippen molar-refractivity contribution in [2.75, 3.05) is 6.61 Å². The first kappa shape index (κ1) is 14.0. The molecule has 0 saturated heterocycles. The maximum atomic E-state index is 11.5. The summed E-state index contributed by atoms with van der Waals surface area (Å²) < 4.78 is 0.